The SMILES string of the molecule is COC1C[N]C(C)C1. The Kier molecular flexibility index (Phi) is 1.86. The second kappa shape index (κ2) is 2.46. The Hall–Kier alpha value is -0.0800. The zero-order chi connectivity index (χ0) is 5.98. The van der Waals surface area contributed by atoms with Crippen LogP contribution in [0.3, 0.4) is 0 Å². The van der Waals surface area contributed by atoms with E-state index < -0.39 is 0 Å². The molecule has 0 aliphatic carbocycles. The van der Waals surface area contributed by atoms with E-state index in [4.69, 9.17) is 4.74 Å². The summed E-state index contributed by atoms with van der Waals surface area (Å²) >= 11 is 0. The largest absolute Gasteiger partial charge is 0.380 e. The minimum atomic E-state index is 0.407. The molecule has 0 amide bonds. The minimum Gasteiger partial charge on any atom is -0.380 e. The van der Waals surface area contributed by atoms with Gasteiger partial charge >= 0.3 is 0 Å². The van der Waals surface area contributed by atoms with E-state index in [-0.39, 0.29) is 0 Å². The highest BCUT2D eigenvalue weighted by Gasteiger charge is 2.20. The number of methoxy groups -OCH3 is 1. The summed E-state index contributed by atoms with van der Waals surface area (Å²) in [6, 6.07) is 0.528. The van der Waals surface area contributed by atoms with Crippen LogP contribution < -0.4 is 5.32 Å². The van der Waals surface area contributed by atoms with E-state index in [9.17, 15) is 0 Å². The number of ether oxygens (including phenoxy) is 1. The maximum absolute atomic E-state index is 5.09. The Morgan fingerprint density at radius 3 is 2.62 bits per heavy atom. The number of hydrogen-bond donors (Lipinski definition) is 0. The van der Waals surface area contributed by atoms with Gasteiger partial charge in [0.05, 0.1) is 6.10 Å². The predicted octanol–water partition coefficient (Wildman–Crippen LogP) is 0.398. The zero-order valence-electron chi connectivity index (χ0n) is 5.42. The van der Waals surface area contributed by atoms with Gasteiger partial charge in [0.1, 0.15) is 0 Å². The Labute approximate surface area is 50.2 Å². The Morgan fingerprint density at radius 1 is 1.62 bits per heavy atom. The van der Waals surface area contributed by atoms with Gasteiger partial charge < -0.3 is 4.74 Å². The molecule has 0 saturated carbocycles. The van der Waals surface area contributed by atoms with Crippen molar-refractivity contribution in [3.63, 3.8) is 0 Å². The maximum Gasteiger partial charge on any atom is 0.0727 e. The van der Waals surface area contributed by atoms with Crippen LogP contribution in [0.1, 0.15) is 13.3 Å². The quantitative estimate of drug-likeness (QED) is 0.484. The summed E-state index contributed by atoms with van der Waals surface area (Å²) in [5.41, 5.74) is 0. The molecular formula is C6H12NO. The van der Waals surface area contributed by atoms with Crippen molar-refractivity contribution in [1.82, 2.24) is 5.32 Å². The highest BCUT2D eigenvalue weighted by molar-refractivity contribution is 4.77. The fraction of sp³-hybridized carbons (Fsp3) is 1.00. The lowest BCUT2D eigenvalue weighted by atomic mass is 10.2. The molecule has 2 nitrogen and oxygen atoms in total. The van der Waals surface area contributed by atoms with Crippen molar-refractivity contribution in [3.05, 3.63) is 0 Å². The molecule has 1 aliphatic heterocycles. The topological polar surface area (TPSA) is 23.3 Å². The van der Waals surface area contributed by atoms with E-state index in [2.05, 4.69) is 12.2 Å². The van der Waals surface area contributed by atoms with Crippen molar-refractivity contribution in [2.75, 3.05) is 13.7 Å². The summed E-state index contributed by atoms with van der Waals surface area (Å²) in [5.74, 6) is 0. The van der Waals surface area contributed by atoms with E-state index >= 15 is 0 Å². The molecule has 2 heteroatoms. The molecular weight excluding hydrogens is 102 g/mol. The predicted molar refractivity (Wildman–Crippen MR) is 31.9 cm³/mol. The molecule has 47 valence electrons. The van der Waals surface area contributed by atoms with E-state index in [1.807, 2.05) is 0 Å². The average molecular weight is 114 g/mol. The van der Waals surface area contributed by atoms with Gasteiger partial charge in [0.15, 0.2) is 0 Å². The smallest absolute Gasteiger partial charge is 0.0727 e. The third kappa shape index (κ3) is 1.20. The molecule has 1 heterocycles. The molecule has 0 bridgehead atoms. The molecule has 1 rings (SSSR count). The van der Waals surface area contributed by atoms with Crippen molar-refractivity contribution in [3.8, 4) is 0 Å². The van der Waals surface area contributed by atoms with Crippen LogP contribution in [0, 0.1) is 0 Å². The van der Waals surface area contributed by atoms with Crippen molar-refractivity contribution >= 4 is 0 Å². The van der Waals surface area contributed by atoms with Crippen LogP contribution >= 0.6 is 0 Å². The molecule has 1 aliphatic rings. The van der Waals surface area contributed by atoms with Gasteiger partial charge in [-0.15, -0.1) is 0 Å². The molecule has 2 atom stereocenters. The molecule has 8 heavy (non-hydrogen) atoms. The summed E-state index contributed by atoms with van der Waals surface area (Å²) in [4.78, 5) is 0. The fourth-order valence-corrected chi connectivity index (χ4v) is 0.998. The van der Waals surface area contributed by atoms with Crippen molar-refractivity contribution in [2.24, 2.45) is 0 Å². The molecule has 0 aromatic rings. The van der Waals surface area contributed by atoms with Crippen LogP contribution in [0.2, 0.25) is 0 Å². The molecule has 2 unspecified atom stereocenters. The van der Waals surface area contributed by atoms with Gasteiger partial charge in [-0.3, -0.25) is 0 Å². The van der Waals surface area contributed by atoms with Gasteiger partial charge in [-0.05, 0) is 13.3 Å². The van der Waals surface area contributed by atoms with Gasteiger partial charge in [0.2, 0.25) is 0 Å². The molecule has 0 N–H and O–H groups in total. The Morgan fingerprint density at radius 2 is 2.38 bits per heavy atom. The van der Waals surface area contributed by atoms with Crippen molar-refractivity contribution in [2.45, 2.75) is 25.5 Å². The number of rotatable bonds is 1. The van der Waals surface area contributed by atoms with Crippen molar-refractivity contribution in [1.29, 1.82) is 0 Å². The first kappa shape index (κ1) is 6.05. The highest BCUT2D eigenvalue weighted by Crippen LogP contribution is 2.09. The van der Waals surface area contributed by atoms with E-state index in [0.29, 0.717) is 12.1 Å². The molecule has 1 fully saturated rings. The van der Waals surface area contributed by atoms with Crippen LogP contribution in [-0.2, 0) is 4.74 Å². The number of hydrogen-bond acceptors (Lipinski definition) is 1. The first-order chi connectivity index (χ1) is 3.83. The molecule has 0 aromatic heterocycles. The molecule has 1 radical (unpaired) electrons. The lowest BCUT2D eigenvalue weighted by Gasteiger charge is -2.02. The Bertz CT molecular complexity index is 74.9. The average Bonchev–Trinajstić information content (AvgIpc) is 2.14. The van der Waals surface area contributed by atoms with Crippen LogP contribution in [0.15, 0.2) is 0 Å². The summed E-state index contributed by atoms with van der Waals surface area (Å²) in [5, 5.41) is 4.26. The summed E-state index contributed by atoms with van der Waals surface area (Å²) < 4.78 is 5.09. The standard InChI is InChI=1S/C6H12NO/c1-5-3-6(8-2)4-7-5/h5-6H,3-4H2,1-2H3. The molecule has 0 aromatic carbocycles. The number of nitrogens with zero attached hydrogens (tertiary/aromatic N) is 1. The van der Waals surface area contributed by atoms with E-state index in [1.54, 1.807) is 7.11 Å². The second-order valence-corrected chi connectivity index (χ2v) is 2.31. The minimum absolute atomic E-state index is 0.407. The van der Waals surface area contributed by atoms with Crippen LogP contribution in [0.5, 0.6) is 0 Å². The third-order valence-corrected chi connectivity index (χ3v) is 1.56. The monoisotopic (exact) mass is 114 g/mol. The fourth-order valence-electron chi connectivity index (χ4n) is 0.998. The second-order valence-electron chi connectivity index (χ2n) is 2.31. The first-order valence-electron chi connectivity index (χ1n) is 3.02. The van der Waals surface area contributed by atoms with Gasteiger partial charge in [-0.1, -0.05) is 0 Å². The summed E-state index contributed by atoms with van der Waals surface area (Å²) in [6.45, 7) is 3.02. The first-order valence-corrected chi connectivity index (χ1v) is 3.02. The van der Waals surface area contributed by atoms with Crippen molar-refractivity contribution < 1.29 is 4.74 Å². The van der Waals surface area contributed by atoms with Gasteiger partial charge in [0.25, 0.3) is 0 Å². The lowest BCUT2D eigenvalue weighted by molar-refractivity contribution is 0.117. The molecule has 1 saturated heterocycles. The van der Waals surface area contributed by atoms with E-state index in [0.717, 1.165) is 13.0 Å². The Balaban J connectivity index is 2.22. The van der Waals surface area contributed by atoms with Gasteiger partial charge in [-0.25, -0.2) is 5.32 Å². The zero-order valence-corrected chi connectivity index (χ0v) is 5.42. The van der Waals surface area contributed by atoms with Crippen LogP contribution in [0.4, 0.5) is 0 Å². The summed E-state index contributed by atoms with van der Waals surface area (Å²) in [6.07, 6.45) is 1.52. The van der Waals surface area contributed by atoms with Gasteiger partial charge in [-0.2, -0.15) is 0 Å². The lowest BCUT2D eigenvalue weighted by Crippen LogP contribution is -2.10. The van der Waals surface area contributed by atoms with Crippen LogP contribution in [-0.4, -0.2) is 25.8 Å². The summed E-state index contributed by atoms with van der Waals surface area (Å²) in [7, 11) is 1.75. The van der Waals surface area contributed by atoms with Crippen LogP contribution in [0.25, 0.3) is 0 Å². The van der Waals surface area contributed by atoms with Gasteiger partial charge in [0, 0.05) is 19.7 Å². The normalized spacial score (nSPS) is 38.2. The highest BCUT2D eigenvalue weighted by atomic mass is 16.5. The third-order valence-electron chi connectivity index (χ3n) is 1.56. The molecule has 0 spiro atoms. The van der Waals surface area contributed by atoms with E-state index in [1.165, 1.54) is 0 Å². The maximum atomic E-state index is 5.09.